The van der Waals surface area contributed by atoms with Gasteiger partial charge in [-0.1, -0.05) is 42.1 Å². The summed E-state index contributed by atoms with van der Waals surface area (Å²) in [4.78, 5) is 43.1. The van der Waals surface area contributed by atoms with Crippen molar-refractivity contribution in [1.82, 2.24) is 20.2 Å². The van der Waals surface area contributed by atoms with Gasteiger partial charge in [0.25, 0.3) is 5.56 Å². The van der Waals surface area contributed by atoms with E-state index >= 15 is 0 Å². The van der Waals surface area contributed by atoms with Crippen LogP contribution < -0.4 is 16.2 Å². The Hall–Kier alpha value is -2.65. The highest BCUT2D eigenvalue weighted by Crippen LogP contribution is 2.36. The zero-order valence-corrected chi connectivity index (χ0v) is 18.2. The van der Waals surface area contributed by atoms with Crippen LogP contribution in [0.5, 0.6) is 0 Å². The van der Waals surface area contributed by atoms with Crippen LogP contribution in [-0.2, 0) is 11.3 Å². The van der Waals surface area contributed by atoms with E-state index in [4.69, 9.17) is 4.98 Å². The molecule has 0 saturated carbocycles. The lowest BCUT2D eigenvalue weighted by atomic mass is 10.1. The Kier molecular flexibility index (Phi) is 6.39. The second-order valence-electron chi connectivity index (χ2n) is 6.37. The number of hydrogen-bond acceptors (Lipinski definition) is 6. The second kappa shape index (κ2) is 8.79. The number of nitrogens with zero attached hydrogens (tertiary/aromatic N) is 2. The summed E-state index contributed by atoms with van der Waals surface area (Å²) in [5.74, 6) is -0.446. The van der Waals surface area contributed by atoms with Crippen molar-refractivity contribution in [2.45, 2.75) is 37.7 Å². The summed E-state index contributed by atoms with van der Waals surface area (Å²) in [6.45, 7) is 5.92. The molecule has 3 amide bonds. The van der Waals surface area contributed by atoms with E-state index in [-0.39, 0.29) is 5.56 Å². The van der Waals surface area contributed by atoms with Crippen molar-refractivity contribution >= 4 is 45.3 Å². The van der Waals surface area contributed by atoms with Gasteiger partial charge in [-0.25, -0.2) is 9.78 Å². The highest BCUT2D eigenvalue weighted by Gasteiger charge is 2.22. The van der Waals surface area contributed by atoms with Crippen molar-refractivity contribution < 1.29 is 9.59 Å². The molecule has 2 heterocycles. The Labute approximate surface area is 176 Å². The van der Waals surface area contributed by atoms with Gasteiger partial charge < -0.3 is 5.32 Å². The molecule has 9 heteroatoms. The van der Waals surface area contributed by atoms with Crippen LogP contribution in [0.2, 0.25) is 0 Å². The summed E-state index contributed by atoms with van der Waals surface area (Å²) >= 11 is 2.63. The lowest BCUT2D eigenvalue weighted by Gasteiger charge is -2.14. The molecule has 0 fully saturated rings. The van der Waals surface area contributed by atoms with E-state index in [0.717, 1.165) is 27.8 Å². The van der Waals surface area contributed by atoms with E-state index in [2.05, 4.69) is 10.6 Å². The second-order valence-corrected chi connectivity index (χ2v) is 8.68. The molecule has 0 aliphatic heterocycles. The molecule has 1 atom stereocenters. The maximum absolute atomic E-state index is 13.2. The first-order chi connectivity index (χ1) is 13.9. The zero-order valence-electron chi connectivity index (χ0n) is 16.6. The van der Waals surface area contributed by atoms with Crippen LogP contribution in [0, 0.1) is 6.92 Å². The minimum absolute atomic E-state index is 0.116. The number of aromatic nitrogens is 2. The van der Waals surface area contributed by atoms with E-state index in [1.54, 1.807) is 11.5 Å². The third-order valence-corrected chi connectivity index (χ3v) is 6.81. The smallest absolute Gasteiger partial charge is 0.321 e. The molecular weight excluding hydrogens is 408 g/mol. The number of rotatable bonds is 5. The molecule has 29 heavy (non-hydrogen) atoms. The molecule has 152 valence electrons. The number of benzene rings is 1. The predicted octanol–water partition coefficient (Wildman–Crippen LogP) is 3.39. The van der Waals surface area contributed by atoms with Gasteiger partial charge in [-0.2, -0.15) is 0 Å². The van der Waals surface area contributed by atoms with Crippen molar-refractivity contribution in [3.63, 3.8) is 0 Å². The molecule has 7 nitrogen and oxygen atoms in total. The molecule has 0 unspecified atom stereocenters. The first kappa shape index (κ1) is 21.1. The Morgan fingerprint density at radius 3 is 2.59 bits per heavy atom. The van der Waals surface area contributed by atoms with E-state index < -0.39 is 17.2 Å². The number of imide groups is 1. The highest BCUT2D eigenvalue weighted by atomic mass is 32.2. The van der Waals surface area contributed by atoms with Crippen molar-refractivity contribution in [3.8, 4) is 10.4 Å². The standard InChI is InChI=1S/C20H22N4O3S2/c1-5-24-18(26)14-11(2)15(13-9-7-6-8-10-13)29-17(14)23-20(24)28-12(3)16(25)22-19(27)21-4/h6-10,12H,5H2,1-4H3,(H2,21,22,25,27)/t12-/m1/s1. The summed E-state index contributed by atoms with van der Waals surface area (Å²) < 4.78 is 1.57. The van der Waals surface area contributed by atoms with E-state index in [0.29, 0.717) is 21.9 Å². The number of thioether (sulfide) groups is 1. The first-order valence-corrected chi connectivity index (χ1v) is 10.9. The third kappa shape index (κ3) is 4.20. The van der Waals surface area contributed by atoms with Crippen molar-refractivity contribution in [3.05, 3.63) is 46.2 Å². The molecule has 0 aliphatic carbocycles. The third-order valence-electron chi connectivity index (χ3n) is 4.48. The van der Waals surface area contributed by atoms with E-state index in [1.165, 1.54) is 18.4 Å². The van der Waals surface area contributed by atoms with Crippen LogP contribution in [0.15, 0.2) is 40.3 Å². The lowest BCUT2D eigenvalue weighted by Crippen LogP contribution is -2.41. The normalized spacial score (nSPS) is 12.0. The maximum atomic E-state index is 13.2. The monoisotopic (exact) mass is 430 g/mol. The van der Waals surface area contributed by atoms with Crippen LogP contribution >= 0.6 is 23.1 Å². The minimum Gasteiger partial charge on any atom is -0.341 e. The summed E-state index contributed by atoms with van der Waals surface area (Å²) in [5, 5.41) is 5.08. The van der Waals surface area contributed by atoms with E-state index in [1.807, 2.05) is 44.2 Å². The number of amides is 3. The molecular formula is C20H22N4O3S2. The number of nitrogens with one attached hydrogen (secondary N) is 2. The van der Waals surface area contributed by atoms with Crippen LogP contribution in [0.1, 0.15) is 19.4 Å². The predicted molar refractivity (Wildman–Crippen MR) is 118 cm³/mol. The molecule has 0 radical (unpaired) electrons. The molecule has 3 rings (SSSR count). The van der Waals surface area contributed by atoms with Gasteiger partial charge in [0, 0.05) is 18.5 Å². The van der Waals surface area contributed by atoms with Crippen LogP contribution in [-0.4, -0.2) is 33.8 Å². The van der Waals surface area contributed by atoms with Crippen molar-refractivity contribution in [2.75, 3.05) is 7.05 Å². The average molecular weight is 431 g/mol. The quantitative estimate of drug-likeness (QED) is 0.478. The van der Waals surface area contributed by atoms with Crippen molar-refractivity contribution in [1.29, 1.82) is 0 Å². The highest BCUT2D eigenvalue weighted by molar-refractivity contribution is 8.00. The zero-order chi connectivity index (χ0) is 21.1. The van der Waals surface area contributed by atoms with Crippen LogP contribution in [0.4, 0.5) is 4.79 Å². The van der Waals surface area contributed by atoms with Crippen LogP contribution in [0.25, 0.3) is 20.7 Å². The summed E-state index contributed by atoms with van der Waals surface area (Å²) in [5.41, 5.74) is 1.84. The topological polar surface area (TPSA) is 93.1 Å². The van der Waals surface area contributed by atoms with Gasteiger partial charge in [0.05, 0.1) is 10.6 Å². The largest absolute Gasteiger partial charge is 0.341 e. The fraction of sp³-hybridized carbons (Fsp3) is 0.300. The lowest BCUT2D eigenvalue weighted by molar-refractivity contribution is -0.119. The van der Waals surface area contributed by atoms with Crippen molar-refractivity contribution in [2.24, 2.45) is 0 Å². The molecule has 0 bridgehead atoms. The summed E-state index contributed by atoms with van der Waals surface area (Å²) in [6.07, 6.45) is 0. The fourth-order valence-electron chi connectivity index (χ4n) is 2.92. The number of urea groups is 1. The Morgan fingerprint density at radius 1 is 1.28 bits per heavy atom. The number of carbonyl (C=O) groups is 2. The molecule has 2 aromatic heterocycles. The molecule has 0 saturated heterocycles. The Bertz CT molecular complexity index is 1120. The average Bonchev–Trinajstić information content (AvgIpc) is 3.05. The molecule has 0 aliphatic rings. The molecule has 1 aromatic carbocycles. The van der Waals surface area contributed by atoms with Gasteiger partial charge in [-0.05, 0) is 31.9 Å². The summed E-state index contributed by atoms with van der Waals surface area (Å²) in [7, 11) is 1.44. The Balaban J connectivity index is 2.04. The van der Waals surface area contributed by atoms with Gasteiger partial charge in [0.15, 0.2) is 5.16 Å². The van der Waals surface area contributed by atoms with Gasteiger partial charge in [-0.15, -0.1) is 11.3 Å². The number of hydrogen-bond donors (Lipinski definition) is 2. The van der Waals surface area contributed by atoms with Gasteiger partial charge in [0.1, 0.15) is 4.83 Å². The molecule has 0 spiro atoms. The molecule has 2 N–H and O–H groups in total. The van der Waals surface area contributed by atoms with Crippen LogP contribution in [0.3, 0.4) is 0 Å². The Morgan fingerprint density at radius 2 is 1.97 bits per heavy atom. The van der Waals surface area contributed by atoms with Gasteiger partial charge in [0.2, 0.25) is 5.91 Å². The number of carbonyl (C=O) groups excluding carboxylic acids is 2. The minimum atomic E-state index is -0.593. The maximum Gasteiger partial charge on any atom is 0.321 e. The van der Waals surface area contributed by atoms with E-state index in [9.17, 15) is 14.4 Å². The SMILES string of the molecule is CCn1c(S[C@H](C)C(=O)NC(=O)NC)nc2sc(-c3ccccc3)c(C)c2c1=O. The van der Waals surface area contributed by atoms with Gasteiger partial charge in [-0.3, -0.25) is 19.5 Å². The fourth-order valence-corrected chi connectivity index (χ4v) is 5.12. The molecule has 3 aromatic rings. The first-order valence-electron chi connectivity index (χ1n) is 9.15. The number of thiophene rings is 1. The number of fused-ring (bicyclic) bond motifs is 1. The van der Waals surface area contributed by atoms with Gasteiger partial charge >= 0.3 is 6.03 Å². The summed E-state index contributed by atoms with van der Waals surface area (Å²) in [6, 6.07) is 9.33. The number of aryl methyl sites for hydroxylation is 1.